The van der Waals surface area contributed by atoms with Crippen molar-refractivity contribution < 1.29 is 5.21 Å². The number of nitrogens with two attached hydrogens (primary N) is 1. The quantitative estimate of drug-likeness (QED) is 0.370. The normalized spacial score (nSPS) is 13.6. The van der Waals surface area contributed by atoms with E-state index in [0.29, 0.717) is 6.54 Å². The van der Waals surface area contributed by atoms with Gasteiger partial charge in [-0.25, -0.2) is 4.98 Å². The fourth-order valence-corrected chi connectivity index (χ4v) is 2.64. The van der Waals surface area contributed by atoms with E-state index in [1.165, 1.54) is 0 Å². The number of nitrogens with zero attached hydrogens (tertiary/aromatic N) is 3. The van der Waals surface area contributed by atoms with Gasteiger partial charge in [0.05, 0.1) is 17.1 Å². The predicted octanol–water partition coefficient (Wildman–Crippen LogP) is 2.11. The fourth-order valence-electron chi connectivity index (χ4n) is 2.09. The van der Waals surface area contributed by atoms with E-state index in [-0.39, 0.29) is 11.8 Å². The largest absolute Gasteiger partial charge is 0.409 e. The maximum Gasteiger partial charge on any atom is 0.147 e. The lowest BCUT2D eigenvalue weighted by Crippen LogP contribution is -2.32. The smallest absolute Gasteiger partial charge is 0.147 e. The van der Waals surface area contributed by atoms with Gasteiger partial charge in [-0.1, -0.05) is 35.5 Å². The van der Waals surface area contributed by atoms with Crippen molar-refractivity contribution in [2.45, 2.75) is 12.5 Å². The van der Waals surface area contributed by atoms with Crippen molar-refractivity contribution in [1.82, 2.24) is 9.88 Å². The zero-order valence-electron chi connectivity index (χ0n) is 11.3. The van der Waals surface area contributed by atoms with Crippen LogP contribution in [0.5, 0.6) is 0 Å². The molecular formula is C14H18N4OS. The molecule has 3 N–H and O–H groups in total. The van der Waals surface area contributed by atoms with Crippen LogP contribution in [0.2, 0.25) is 0 Å². The number of thiazole rings is 1. The predicted molar refractivity (Wildman–Crippen MR) is 81.0 cm³/mol. The van der Waals surface area contributed by atoms with Crippen LogP contribution in [0.25, 0.3) is 0 Å². The lowest BCUT2D eigenvalue weighted by Gasteiger charge is -2.23. The van der Waals surface area contributed by atoms with Crippen molar-refractivity contribution in [2.75, 3.05) is 13.6 Å². The highest BCUT2D eigenvalue weighted by atomic mass is 32.1. The van der Waals surface area contributed by atoms with Crippen molar-refractivity contribution in [3.05, 3.63) is 52.5 Å². The zero-order valence-corrected chi connectivity index (χ0v) is 12.1. The molecule has 106 valence electrons. The lowest BCUT2D eigenvalue weighted by atomic mass is 9.97. The third-order valence-corrected chi connectivity index (χ3v) is 3.72. The molecule has 6 heteroatoms. The van der Waals surface area contributed by atoms with Gasteiger partial charge in [0, 0.05) is 18.5 Å². The molecule has 0 spiro atoms. The number of aromatic nitrogens is 1. The van der Waals surface area contributed by atoms with Crippen molar-refractivity contribution in [1.29, 1.82) is 0 Å². The highest BCUT2D eigenvalue weighted by Crippen LogP contribution is 2.18. The van der Waals surface area contributed by atoms with Crippen LogP contribution < -0.4 is 5.73 Å². The van der Waals surface area contributed by atoms with Crippen LogP contribution in [-0.2, 0) is 6.54 Å². The SMILES string of the molecule is CN(Cc1cscn1)CC(C(N)=NO)c1ccccc1. The number of benzene rings is 1. The summed E-state index contributed by atoms with van der Waals surface area (Å²) in [5, 5.41) is 14.2. The van der Waals surface area contributed by atoms with Crippen LogP contribution in [0.15, 0.2) is 46.4 Å². The Hall–Kier alpha value is -1.92. The Balaban J connectivity index is 2.08. The van der Waals surface area contributed by atoms with Gasteiger partial charge >= 0.3 is 0 Å². The van der Waals surface area contributed by atoms with Gasteiger partial charge in [0.25, 0.3) is 0 Å². The van der Waals surface area contributed by atoms with Crippen LogP contribution in [0.3, 0.4) is 0 Å². The second-order valence-corrected chi connectivity index (χ2v) is 5.38. The molecule has 1 heterocycles. The number of likely N-dealkylation sites (N-methyl/N-ethyl adjacent to an activating group) is 1. The summed E-state index contributed by atoms with van der Waals surface area (Å²) in [6.07, 6.45) is 0. The number of rotatable bonds is 6. The molecule has 5 nitrogen and oxygen atoms in total. The maximum atomic E-state index is 8.97. The first-order valence-electron chi connectivity index (χ1n) is 6.28. The zero-order chi connectivity index (χ0) is 14.4. The van der Waals surface area contributed by atoms with E-state index in [9.17, 15) is 0 Å². The molecule has 0 fully saturated rings. The molecule has 2 aromatic rings. The summed E-state index contributed by atoms with van der Waals surface area (Å²) in [5.41, 5.74) is 9.72. The first-order valence-corrected chi connectivity index (χ1v) is 7.23. The molecular weight excluding hydrogens is 272 g/mol. The summed E-state index contributed by atoms with van der Waals surface area (Å²) in [6.45, 7) is 1.41. The molecule has 20 heavy (non-hydrogen) atoms. The summed E-state index contributed by atoms with van der Waals surface area (Å²) < 4.78 is 0. The summed E-state index contributed by atoms with van der Waals surface area (Å²) in [6, 6.07) is 9.82. The Kier molecular flexibility index (Phi) is 5.09. The Labute approximate surface area is 122 Å². The topological polar surface area (TPSA) is 74.7 Å². The molecule has 0 aliphatic heterocycles. The van der Waals surface area contributed by atoms with Gasteiger partial charge in [-0.05, 0) is 12.6 Å². The summed E-state index contributed by atoms with van der Waals surface area (Å²) in [4.78, 5) is 6.38. The molecule has 0 aliphatic carbocycles. The van der Waals surface area contributed by atoms with Gasteiger partial charge in [-0.2, -0.15) is 0 Å². The van der Waals surface area contributed by atoms with E-state index in [1.54, 1.807) is 11.3 Å². The van der Waals surface area contributed by atoms with Gasteiger partial charge in [0.2, 0.25) is 0 Å². The molecule has 0 bridgehead atoms. The molecule has 0 aliphatic rings. The molecule has 1 atom stereocenters. The van der Waals surface area contributed by atoms with Crippen LogP contribution in [0, 0.1) is 0 Å². The Morgan fingerprint density at radius 3 is 2.80 bits per heavy atom. The molecule has 1 aromatic heterocycles. The van der Waals surface area contributed by atoms with E-state index < -0.39 is 0 Å². The molecule has 2 rings (SSSR count). The average Bonchev–Trinajstić information content (AvgIpc) is 2.97. The van der Waals surface area contributed by atoms with Gasteiger partial charge in [-0.15, -0.1) is 11.3 Å². The maximum absolute atomic E-state index is 8.97. The van der Waals surface area contributed by atoms with Gasteiger partial charge < -0.3 is 10.9 Å². The van der Waals surface area contributed by atoms with Gasteiger partial charge in [0.1, 0.15) is 5.84 Å². The van der Waals surface area contributed by atoms with E-state index in [0.717, 1.165) is 17.8 Å². The van der Waals surface area contributed by atoms with Crippen LogP contribution in [-0.4, -0.2) is 34.5 Å². The summed E-state index contributed by atoms with van der Waals surface area (Å²) >= 11 is 1.58. The van der Waals surface area contributed by atoms with E-state index >= 15 is 0 Å². The van der Waals surface area contributed by atoms with Crippen LogP contribution in [0.1, 0.15) is 17.2 Å². The molecule has 0 amide bonds. The minimum Gasteiger partial charge on any atom is -0.409 e. The summed E-state index contributed by atoms with van der Waals surface area (Å²) in [5.74, 6) is 0.0890. The monoisotopic (exact) mass is 290 g/mol. The number of hydrogen-bond acceptors (Lipinski definition) is 5. The Bertz CT molecular complexity index is 542. The first-order chi connectivity index (χ1) is 9.70. The van der Waals surface area contributed by atoms with Crippen molar-refractivity contribution >= 4 is 17.2 Å². The van der Waals surface area contributed by atoms with Crippen molar-refractivity contribution in [3.63, 3.8) is 0 Å². The molecule has 0 saturated carbocycles. The Morgan fingerprint density at radius 2 is 2.20 bits per heavy atom. The van der Waals surface area contributed by atoms with Crippen molar-refractivity contribution in [3.8, 4) is 0 Å². The van der Waals surface area contributed by atoms with Crippen LogP contribution >= 0.6 is 11.3 Å². The fraction of sp³-hybridized carbons (Fsp3) is 0.286. The second-order valence-electron chi connectivity index (χ2n) is 4.66. The minimum absolute atomic E-state index is 0.134. The lowest BCUT2D eigenvalue weighted by molar-refractivity contribution is 0.301. The highest BCUT2D eigenvalue weighted by Gasteiger charge is 2.19. The standard InChI is InChI=1S/C14H18N4OS/c1-18(7-12-9-20-10-16-12)8-13(14(15)17-19)11-5-3-2-4-6-11/h2-6,9-10,13,19H,7-8H2,1H3,(H2,15,17). The third-order valence-electron chi connectivity index (χ3n) is 3.08. The van der Waals surface area contributed by atoms with E-state index in [2.05, 4.69) is 15.0 Å². The number of hydrogen-bond donors (Lipinski definition) is 2. The first kappa shape index (κ1) is 14.5. The second kappa shape index (κ2) is 7.02. The molecule has 0 radical (unpaired) electrons. The molecule has 1 unspecified atom stereocenters. The highest BCUT2D eigenvalue weighted by molar-refractivity contribution is 7.07. The van der Waals surface area contributed by atoms with E-state index in [1.807, 2.05) is 48.3 Å². The van der Waals surface area contributed by atoms with Gasteiger partial charge in [0.15, 0.2) is 0 Å². The molecule has 1 aromatic carbocycles. The summed E-state index contributed by atoms with van der Waals surface area (Å²) in [7, 11) is 2.00. The third kappa shape index (κ3) is 3.79. The van der Waals surface area contributed by atoms with Crippen molar-refractivity contribution in [2.24, 2.45) is 10.9 Å². The van der Waals surface area contributed by atoms with Crippen LogP contribution in [0.4, 0.5) is 0 Å². The molecule has 0 saturated heterocycles. The van der Waals surface area contributed by atoms with Gasteiger partial charge in [-0.3, -0.25) is 4.90 Å². The Morgan fingerprint density at radius 1 is 1.45 bits per heavy atom. The average molecular weight is 290 g/mol. The van der Waals surface area contributed by atoms with E-state index in [4.69, 9.17) is 10.9 Å². The number of oxime groups is 1. The minimum atomic E-state index is -0.134. The number of amidine groups is 1.